The van der Waals surface area contributed by atoms with Crippen LogP contribution in [-0.2, 0) is 0 Å². The maximum absolute atomic E-state index is 15.4. The molecule has 1 saturated heterocycles. The molecular formula is C20H19ClF3N3O3. The fraction of sp³-hybridized carbons (Fsp3) is 0.500. The molecule has 0 bridgehead atoms. The van der Waals surface area contributed by atoms with E-state index in [1.54, 1.807) is 0 Å². The molecule has 1 aromatic carbocycles. The molecule has 1 aliphatic heterocycles. The molecular weight excluding hydrogens is 423 g/mol. The Bertz CT molecular complexity index is 1150. The molecule has 3 fully saturated rings. The van der Waals surface area contributed by atoms with Crippen LogP contribution in [0.15, 0.2) is 17.1 Å². The van der Waals surface area contributed by atoms with Crippen molar-refractivity contribution in [3.63, 3.8) is 0 Å². The van der Waals surface area contributed by atoms with E-state index >= 15 is 8.78 Å². The molecule has 5 rings (SSSR count). The predicted octanol–water partition coefficient (Wildman–Crippen LogP) is 3.18. The number of nitrogens with two attached hydrogens (primary N) is 1. The SMILES string of the molecule is N[C@@]12CCC[C@]1(F)CN(c1c(F)cc3c(=O)c(C(=O)O)cn(C4C[C@@H]4F)c3c1Cl)C2. The van der Waals surface area contributed by atoms with Crippen LogP contribution in [0.4, 0.5) is 18.9 Å². The summed E-state index contributed by atoms with van der Waals surface area (Å²) in [6.45, 7) is -0.0868. The number of hydrogen-bond donors (Lipinski definition) is 2. The van der Waals surface area contributed by atoms with E-state index in [1.165, 1.54) is 9.47 Å². The van der Waals surface area contributed by atoms with E-state index < -0.39 is 46.2 Å². The van der Waals surface area contributed by atoms with Gasteiger partial charge in [-0.05, 0) is 25.3 Å². The fourth-order valence-corrected chi connectivity index (χ4v) is 5.46. The maximum Gasteiger partial charge on any atom is 0.341 e. The molecule has 0 spiro atoms. The van der Waals surface area contributed by atoms with Crippen molar-refractivity contribution in [1.82, 2.24) is 4.57 Å². The molecule has 6 nitrogen and oxygen atoms in total. The molecule has 1 unspecified atom stereocenters. The standard InChI is InChI=1S/C20H19ClF3N3O3/c21-14-15-9(17(28)10(18(29)30)6-27(15)13-5-11(13)22)4-12(23)16(14)26-7-19(24)2-1-3-20(19,25)8-26/h4,6,11,13H,1-3,5,7-8,25H2,(H,29,30)/t11-,13?,19-,20+/m0/s1. The highest BCUT2D eigenvalue weighted by Gasteiger charge is 2.60. The molecule has 3 aliphatic rings. The van der Waals surface area contributed by atoms with Gasteiger partial charge in [0.25, 0.3) is 0 Å². The first-order chi connectivity index (χ1) is 14.1. The number of nitrogens with zero attached hydrogens (tertiary/aromatic N) is 2. The number of fused-ring (bicyclic) bond motifs is 2. The van der Waals surface area contributed by atoms with Crippen molar-refractivity contribution in [2.24, 2.45) is 5.73 Å². The van der Waals surface area contributed by atoms with Gasteiger partial charge in [0.1, 0.15) is 23.2 Å². The summed E-state index contributed by atoms with van der Waals surface area (Å²) >= 11 is 6.53. The molecule has 0 radical (unpaired) electrons. The van der Waals surface area contributed by atoms with Crippen molar-refractivity contribution in [2.45, 2.75) is 49.1 Å². The second-order valence-corrected chi connectivity index (χ2v) is 9.03. The zero-order valence-corrected chi connectivity index (χ0v) is 16.6. The summed E-state index contributed by atoms with van der Waals surface area (Å²) in [7, 11) is 0. The van der Waals surface area contributed by atoms with Crippen LogP contribution in [0.1, 0.15) is 42.1 Å². The van der Waals surface area contributed by atoms with Gasteiger partial charge in [-0.15, -0.1) is 0 Å². The molecule has 4 atom stereocenters. The lowest BCUT2D eigenvalue weighted by atomic mass is 9.89. The van der Waals surface area contributed by atoms with Crippen LogP contribution in [0.3, 0.4) is 0 Å². The number of aromatic carboxylic acids is 1. The quantitative estimate of drug-likeness (QED) is 0.763. The van der Waals surface area contributed by atoms with Crippen molar-refractivity contribution in [3.05, 3.63) is 38.9 Å². The van der Waals surface area contributed by atoms with Crippen LogP contribution in [0.5, 0.6) is 0 Å². The number of carboxylic acids is 1. The summed E-state index contributed by atoms with van der Waals surface area (Å²) < 4.78 is 45.6. The highest BCUT2D eigenvalue weighted by Crippen LogP contribution is 2.50. The zero-order valence-electron chi connectivity index (χ0n) is 15.8. The van der Waals surface area contributed by atoms with E-state index in [2.05, 4.69) is 0 Å². The first-order valence-corrected chi connectivity index (χ1v) is 10.1. The van der Waals surface area contributed by atoms with Gasteiger partial charge in [-0.25, -0.2) is 18.0 Å². The van der Waals surface area contributed by atoms with Gasteiger partial charge in [0.15, 0.2) is 0 Å². The van der Waals surface area contributed by atoms with Gasteiger partial charge >= 0.3 is 5.97 Å². The van der Waals surface area contributed by atoms with Gasteiger partial charge in [0.05, 0.1) is 39.7 Å². The van der Waals surface area contributed by atoms with E-state index in [-0.39, 0.29) is 47.5 Å². The molecule has 2 aromatic rings. The molecule has 30 heavy (non-hydrogen) atoms. The Morgan fingerprint density at radius 2 is 2.03 bits per heavy atom. The number of benzene rings is 1. The molecule has 2 aliphatic carbocycles. The summed E-state index contributed by atoms with van der Waals surface area (Å²) in [5.41, 5.74) is 1.91. The Hall–Kier alpha value is -2.26. The average molecular weight is 442 g/mol. The molecule has 2 heterocycles. The predicted molar refractivity (Wildman–Crippen MR) is 106 cm³/mol. The van der Waals surface area contributed by atoms with Crippen LogP contribution in [-0.4, -0.2) is 46.1 Å². The average Bonchev–Trinajstić information content (AvgIpc) is 3.22. The van der Waals surface area contributed by atoms with E-state index in [0.717, 1.165) is 12.3 Å². The van der Waals surface area contributed by atoms with Crippen molar-refractivity contribution in [2.75, 3.05) is 18.0 Å². The van der Waals surface area contributed by atoms with Crippen LogP contribution >= 0.6 is 11.6 Å². The number of rotatable bonds is 3. The molecule has 3 N–H and O–H groups in total. The molecule has 160 valence electrons. The van der Waals surface area contributed by atoms with Gasteiger partial charge < -0.3 is 20.3 Å². The Morgan fingerprint density at radius 3 is 2.63 bits per heavy atom. The van der Waals surface area contributed by atoms with E-state index in [9.17, 15) is 19.1 Å². The highest BCUT2D eigenvalue weighted by molar-refractivity contribution is 6.38. The third-order valence-electron chi connectivity index (χ3n) is 6.77. The van der Waals surface area contributed by atoms with Crippen LogP contribution in [0.25, 0.3) is 10.9 Å². The number of carboxylic acid groups (broad SMARTS) is 1. The highest BCUT2D eigenvalue weighted by atomic mass is 35.5. The van der Waals surface area contributed by atoms with Gasteiger partial charge in [0, 0.05) is 19.2 Å². The monoisotopic (exact) mass is 441 g/mol. The minimum Gasteiger partial charge on any atom is -0.477 e. The van der Waals surface area contributed by atoms with Crippen LogP contribution in [0.2, 0.25) is 5.02 Å². The minimum absolute atomic E-state index is 0.0456. The number of hydrogen-bond acceptors (Lipinski definition) is 4. The summed E-state index contributed by atoms with van der Waals surface area (Å²) in [6.07, 6.45) is 1.32. The van der Waals surface area contributed by atoms with Crippen LogP contribution < -0.4 is 16.1 Å². The van der Waals surface area contributed by atoms with Gasteiger partial charge in [-0.1, -0.05) is 11.6 Å². The number of carbonyl (C=O) groups is 1. The van der Waals surface area contributed by atoms with E-state index in [4.69, 9.17) is 17.3 Å². The maximum atomic E-state index is 15.4. The lowest BCUT2D eigenvalue weighted by Gasteiger charge is -2.27. The first-order valence-electron chi connectivity index (χ1n) is 9.73. The van der Waals surface area contributed by atoms with Crippen molar-refractivity contribution >= 4 is 34.2 Å². The molecule has 0 amide bonds. The second-order valence-electron chi connectivity index (χ2n) is 8.65. The lowest BCUT2D eigenvalue weighted by Crippen LogP contribution is -2.53. The summed E-state index contributed by atoms with van der Waals surface area (Å²) in [4.78, 5) is 25.6. The van der Waals surface area contributed by atoms with Crippen molar-refractivity contribution in [1.29, 1.82) is 0 Å². The molecule has 2 saturated carbocycles. The second kappa shape index (κ2) is 6.13. The van der Waals surface area contributed by atoms with Crippen molar-refractivity contribution in [3.8, 4) is 0 Å². The smallest absolute Gasteiger partial charge is 0.341 e. The summed E-state index contributed by atoms with van der Waals surface area (Å²) in [6, 6.07) is 0.202. The van der Waals surface area contributed by atoms with E-state index in [1.807, 2.05) is 0 Å². The molecule has 10 heteroatoms. The minimum atomic E-state index is -1.68. The summed E-state index contributed by atoms with van der Waals surface area (Å²) in [5.74, 6) is -2.37. The fourth-order valence-electron chi connectivity index (χ4n) is 5.05. The Balaban J connectivity index is 1.73. The third kappa shape index (κ3) is 2.54. The Morgan fingerprint density at radius 1 is 1.33 bits per heavy atom. The largest absolute Gasteiger partial charge is 0.477 e. The number of alkyl halides is 2. The Labute approximate surface area is 174 Å². The zero-order chi connectivity index (χ0) is 21.6. The first kappa shape index (κ1) is 19.7. The van der Waals surface area contributed by atoms with E-state index in [0.29, 0.717) is 12.8 Å². The van der Waals surface area contributed by atoms with Crippen LogP contribution in [0, 0.1) is 5.82 Å². The number of halogens is 4. The molecule has 1 aromatic heterocycles. The topological polar surface area (TPSA) is 88.6 Å². The number of aromatic nitrogens is 1. The Kier molecular flexibility index (Phi) is 4.03. The summed E-state index contributed by atoms with van der Waals surface area (Å²) in [5, 5.41) is 8.91. The number of anilines is 1. The van der Waals surface area contributed by atoms with Gasteiger partial charge in [0.2, 0.25) is 5.43 Å². The van der Waals surface area contributed by atoms with Gasteiger partial charge in [-0.3, -0.25) is 4.79 Å². The van der Waals surface area contributed by atoms with Crippen molar-refractivity contribution < 1.29 is 23.1 Å². The lowest BCUT2D eigenvalue weighted by molar-refractivity contribution is 0.0694. The number of pyridine rings is 1. The van der Waals surface area contributed by atoms with Gasteiger partial charge in [-0.2, -0.15) is 0 Å². The third-order valence-corrected chi connectivity index (χ3v) is 7.13. The normalized spacial score (nSPS) is 32.6.